The summed E-state index contributed by atoms with van der Waals surface area (Å²) >= 11 is 0. The number of benzene rings is 1. The van der Waals surface area contributed by atoms with Crippen LogP contribution in [-0.4, -0.2) is 60.9 Å². The molecule has 45 heavy (non-hydrogen) atoms. The van der Waals surface area contributed by atoms with E-state index >= 15 is 0 Å². The van der Waals surface area contributed by atoms with Crippen molar-refractivity contribution < 1.29 is 22.8 Å². The first kappa shape index (κ1) is 47.1. The van der Waals surface area contributed by atoms with Gasteiger partial charge in [0, 0.05) is 56.9 Å². The molecule has 2 amide bonds. The summed E-state index contributed by atoms with van der Waals surface area (Å²) < 4.78 is 39.4. The van der Waals surface area contributed by atoms with Gasteiger partial charge in [-0.05, 0) is 55.8 Å². The van der Waals surface area contributed by atoms with Crippen molar-refractivity contribution in [2.24, 2.45) is 5.41 Å². The van der Waals surface area contributed by atoms with Crippen molar-refractivity contribution in [2.75, 3.05) is 49.9 Å². The number of piperidine rings is 1. The standard InChI is InChI=1S/C24H33F3N4O2.6C2H6/c25-24(26,27)19-15-18(5-6-20(19)28)30-13-11-29(12-14-30)9-3-4-10-31-21(32)16-23(17-22(31)33)7-1-2-8-23;6*1-2/h5-6,15H,1-4,7-14,16-17,28H2;6*1-2H3. The van der Waals surface area contributed by atoms with E-state index in [0.717, 1.165) is 64.2 Å². The van der Waals surface area contributed by atoms with Crippen LogP contribution in [0.15, 0.2) is 18.2 Å². The fourth-order valence-corrected chi connectivity index (χ4v) is 5.58. The Morgan fingerprint density at radius 3 is 1.60 bits per heavy atom. The summed E-state index contributed by atoms with van der Waals surface area (Å²) in [6.45, 7) is 28.1. The molecule has 0 bridgehead atoms. The van der Waals surface area contributed by atoms with Crippen LogP contribution < -0.4 is 10.6 Å². The number of nitrogens with two attached hydrogens (primary N) is 1. The van der Waals surface area contributed by atoms with E-state index in [9.17, 15) is 22.8 Å². The topological polar surface area (TPSA) is 69.9 Å². The number of nitrogens with zero attached hydrogens (tertiary/aromatic N) is 3. The van der Waals surface area contributed by atoms with Crippen LogP contribution in [0.2, 0.25) is 0 Å². The van der Waals surface area contributed by atoms with Crippen molar-refractivity contribution in [3.63, 3.8) is 0 Å². The lowest BCUT2D eigenvalue weighted by atomic mass is 9.76. The number of piperazine rings is 1. The third-order valence-electron chi connectivity index (χ3n) is 7.50. The molecule has 6 nitrogen and oxygen atoms in total. The van der Waals surface area contributed by atoms with Gasteiger partial charge in [0.15, 0.2) is 0 Å². The summed E-state index contributed by atoms with van der Waals surface area (Å²) in [5, 5.41) is 0. The van der Waals surface area contributed by atoms with Crippen LogP contribution in [0.4, 0.5) is 24.5 Å². The molecule has 1 aromatic rings. The summed E-state index contributed by atoms with van der Waals surface area (Å²) in [4.78, 5) is 30.8. The minimum atomic E-state index is -4.46. The number of amides is 2. The van der Waals surface area contributed by atoms with Crippen LogP contribution in [-0.2, 0) is 15.8 Å². The maximum absolute atomic E-state index is 13.1. The minimum absolute atomic E-state index is 0.0107. The number of imide groups is 1. The van der Waals surface area contributed by atoms with Gasteiger partial charge in [0.25, 0.3) is 0 Å². The Hall–Kier alpha value is -2.29. The maximum Gasteiger partial charge on any atom is 0.418 e. The third-order valence-corrected chi connectivity index (χ3v) is 7.50. The SMILES string of the molecule is CC.CC.CC.CC.CC.CC.Nc1ccc(N2CCN(CCCCN3C(=O)CC4(CCCC4)CC3=O)CC2)cc1C(F)(F)F. The lowest BCUT2D eigenvalue weighted by Crippen LogP contribution is -2.48. The molecule has 9 heteroatoms. The zero-order valence-corrected chi connectivity index (χ0v) is 31.0. The first-order valence-electron chi connectivity index (χ1n) is 17.9. The Morgan fingerprint density at radius 2 is 1.16 bits per heavy atom. The molecule has 3 aliphatic rings. The molecule has 2 N–H and O–H groups in total. The molecule has 0 unspecified atom stereocenters. The number of hydrogen-bond donors (Lipinski definition) is 1. The minimum Gasteiger partial charge on any atom is -0.398 e. The van der Waals surface area contributed by atoms with Gasteiger partial charge in [-0.2, -0.15) is 13.2 Å². The molecule has 2 saturated heterocycles. The van der Waals surface area contributed by atoms with Gasteiger partial charge >= 0.3 is 6.18 Å². The first-order chi connectivity index (χ1) is 21.7. The van der Waals surface area contributed by atoms with Gasteiger partial charge in [0.05, 0.1) is 5.56 Å². The zero-order chi connectivity index (χ0) is 35.6. The normalized spacial score (nSPS) is 16.9. The summed E-state index contributed by atoms with van der Waals surface area (Å²) in [5.74, 6) is -0.0213. The summed E-state index contributed by atoms with van der Waals surface area (Å²) in [5.41, 5.74) is 4.94. The van der Waals surface area contributed by atoms with Crippen molar-refractivity contribution >= 4 is 23.2 Å². The largest absolute Gasteiger partial charge is 0.418 e. The highest BCUT2D eigenvalue weighted by molar-refractivity contribution is 5.98. The van der Waals surface area contributed by atoms with Gasteiger partial charge in [0.1, 0.15) is 0 Å². The van der Waals surface area contributed by atoms with E-state index in [4.69, 9.17) is 5.73 Å². The van der Waals surface area contributed by atoms with Crippen LogP contribution in [0.1, 0.15) is 140 Å². The Labute approximate surface area is 275 Å². The van der Waals surface area contributed by atoms with Crippen LogP contribution in [0.3, 0.4) is 0 Å². The number of rotatable bonds is 6. The summed E-state index contributed by atoms with van der Waals surface area (Å²) in [6, 6.07) is 4.10. The molecule has 266 valence electrons. The number of anilines is 2. The molecule has 0 aromatic heterocycles. The molecule has 1 aliphatic carbocycles. The van der Waals surface area contributed by atoms with Gasteiger partial charge in [0.2, 0.25) is 11.8 Å². The molecular formula is C36H69F3N4O2. The number of carbonyl (C=O) groups is 2. The van der Waals surface area contributed by atoms with E-state index in [1.54, 1.807) is 6.07 Å². The fourth-order valence-electron chi connectivity index (χ4n) is 5.58. The highest BCUT2D eigenvalue weighted by atomic mass is 19.4. The van der Waals surface area contributed by atoms with Crippen molar-refractivity contribution in [1.82, 2.24) is 9.80 Å². The Kier molecular flexibility index (Phi) is 28.1. The number of halogens is 3. The monoisotopic (exact) mass is 647 g/mol. The van der Waals surface area contributed by atoms with Crippen LogP contribution in [0.5, 0.6) is 0 Å². The molecule has 2 aliphatic heterocycles. The van der Waals surface area contributed by atoms with E-state index < -0.39 is 11.7 Å². The van der Waals surface area contributed by atoms with E-state index in [1.165, 1.54) is 11.0 Å². The number of carbonyl (C=O) groups excluding carboxylic acids is 2. The molecule has 1 saturated carbocycles. The highest BCUT2D eigenvalue weighted by Gasteiger charge is 2.44. The summed E-state index contributed by atoms with van der Waals surface area (Å²) in [7, 11) is 0. The van der Waals surface area contributed by atoms with Gasteiger partial charge in [-0.3, -0.25) is 19.4 Å². The Morgan fingerprint density at radius 1 is 0.711 bits per heavy atom. The average Bonchev–Trinajstić information content (AvgIpc) is 3.53. The van der Waals surface area contributed by atoms with E-state index in [0.29, 0.717) is 38.2 Å². The lowest BCUT2D eigenvalue weighted by molar-refractivity contribution is -0.153. The van der Waals surface area contributed by atoms with E-state index in [1.807, 2.05) is 88.0 Å². The smallest absolute Gasteiger partial charge is 0.398 e. The number of unbranched alkanes of at least 4 members (excludes halogenated alkanes) is 1. The summed E-state index contributed by atoms with van der Waals surface area (Å²) in [6.07, 6.45) is 2.46. The lowest BCUT2D eigenvalue weighted by Gasteiger charge is -2.38. The molecule has 2 heterocycles. The van der Waals surface area contributed by atoms with Gasteiger partial charge < -0.3 is 10.6 Å². The molecule has 3 fully saturated rings. The number of alkyl halides is 3. The molecule has 1 aromatic carbocycles. The van der Waals surface area contributed by atoms with Crippen molar-refractivity contribution in [2.45, 2.75) is 141 Å². The second-order valence-electron chi connectivity index (χ2n) is 9.80. The second kappa shape index (κ2) is 26.9. The molecule has 0 radical (unpaired) electrons. The molecule has 1 spiro atoms. The number of likely N-dealkylation sites (tertiary alicyclic amines) is 1. The van der Waals surface area contributed by atoms with E-state index in [-0.39, 0.29) is 22.9 Å². The average molecular weight is 647 g/mol. The van der Waals surface area contributed by atoms with Crippen molar-refractivity contribution in [3.8, 4) is 0 Å². The van der Waals surface area contributed by atoms with Gasteiger partial charge in [-0.25, -0.2) is 0 Å². The third kappa shape index (κ3) is 15.7. The number of hydrogen-bond acceptors (Lipinski definition) is 5. The maximum atomic E-state index is 13.1. The van der Waals surface area contributed by atoms with Crippen LogP contribution in [0, 0.1) is 5.41 Å². The van der Waals surface area contributed by atoms with Crippen LogP contribution >= 0.6 is 0 Å². The Bertz CT molecular complexity index is 860. The second-order valence-corrected chi connectivity index (χ2v) is 9.80. The quantitative estimate of drug-likeness (QED) is 0.189. The highest BCUT2D eigenvalue weighted by Crippen LogP contribution is 2.47. The fraction of sp³-hybridized carbons (Fsp3) is 0.778. The molecular weight excluding hydrogens is 577 g/mol. The van der Waals surface area contributed by atoms with Crippen molar-refractivity contribution in [3.05, 3.63) is 23.8 Å². The van der Waals surface area contributed by atoms with E-state index in [2.05, 4.69) is 4.90 Å². The molecule has 0 atom stereocenters. The van der Waals surface area contributed by atoms with Crippen LogP contribution in [0.25, 0.3) is 0 Å². The van der Waals surface area contributed by atoms with Crippen molar-refractivity contribution in [1.29, 1.82) is 0 Å². The first-order valence-corrected chi connectivity index (χ1v) is 17.9. The predicted molar refractivity (Wildman–Crippen MR) is 189 cm³/mol. The predicted octanol–water partition coefficient (Wildman–Crippen LogP) is 10.1. The van der Waals surface area contributed by atoms with Gasteiger partial charge in [-0.1, -0.05) is 95.9 Å². The van der Waals surface area contributed by atoms with Gasteiger partial charge in [-0.15, -0.1) is 0 Å². The Balaban J connectivity index is -0.00000132. The molecule has 4 rings (SSSR count). The number of nitrogen functional groups attached to an aromatic ring is 1. The zero-order valence-electron chi connectivity index (χ0n) is 31.0.